The first-order chi connectivity index (χ1) is 13.0. The van der Waals surface area contributed by atoms with E-state index in [-0.39, 0.29) is 16.5 Å². The molecular formula is C20H26ClN3O2S. The SMILES string of the molecule is CC1SC(c2ccccc2Cl)N(CCN2CCN(C(=O)C3CC3)CC2)C1=O. The van der Waals surface area contributed by atoms with Crippen LogP contribution in [0.2, 0.25) is 5.02 Å². The lowest BCUT2D eigenvalue weighted by molar-refractivity contribution is -0.134. The molecule has 0 aromatic heterocycles. The first kappa shape index (κ1) is 19.1. The van der Waals surface area contributed by atoms with Gasteiger partial charge in [0.2, 0.25) is 11.8 Å². The van der Waals surface area contributed by atoms with Gasteiger partial charge in [-0.15, -0.1) is 11.8 Å². The predicted octanol–water partition coefficient (Wildman–Crippen LogP) is 2.86. The van der Waals surface area contributed by atoms with E-state index in [1.807, 2.05) is 41.0 Å². The summed E-state index contributed by atoms with van der Waals surface area (Å²) in [5.74, 6) is 0.828. The number of rotatable bonds is 5. The normalized spacial score (nSPS) is 26.7. The van der Waals surface area contributed by atoms with Crippen molar-refractivity contribution in [3.05, 3.63) is 34.9 Å². The van der Waals surface area contributed by atoms with Gasteiger partial charge >= 0.3 is 0 Å². The van der Waals surface area contributed by atoms with E-state index in [9.17, 15) is 9.59 Å². The van der Waals surface area contributed by atoms with Crippen LogP contribution >= 0.6 is 23.4 Å². The first-order valence-electron chi connectivity index (χ1n) is 9.76. The van der Waals surface area contributed by atoms with Crippen molar-refractivity contribution in [2.24, 2.45) is 5.92 Å². The zero-order valence-electron chi connectivity index (χ0n) is 15.6. The second-order valence-corrected chi connectivity index (χ2v) is 9.46. The summed E-state index contributed by atoms with van der Waals surface area (Å²) < 4.78 is 0. The standard InChI is InChI=1S/C20H26ClN3O2S/c1-14-18(25)24(20(27-14)16-4-2-3-5-17(16)21)13-10-22-8-11-23(12-9-22)19(26)15-6-7-15/h2-5,14-15,20H,6-13H2,1H3. The Hall–Kier alpha value is -1.24. The summed E-state index contributed by atoms with van der Waals surface area (Å²) in [5, 5.41) is 0.660. The van der Waals surface area contributed by atoms with Gasteiger partial charge in [-0.05, 0) is 25.8 Å². The minimum Gasteiger partial charge on any atom is -0.340 e. The molecule has 2 unspecified atom stereocenters. The molecule has 5 nitrogen and oxygen atoms in total. The summed E-state index contributed by atoms with van der Waals surface area (Å²) in [7, 11) is 0. The maximum absolute atomic E-state index is 12.7. The molecule has 4 rings (SSSR count). The van der Waals surface area contributed by atoms with Gasteiger partial charge in [0.05, 0.1) is 5.25 Å². The zero-order chi connectivity index (χ0) is 19.0. The minimum atomic E-state index is -0.0423. The molecule has 146 valence electrons. The molecule has 0 radical (unpaired) electrons. The van der Waals surface area contributed by atoms with E-state index in [4.69, 9.17) is 11.6 Å². The van der Waals surface area contributed by atoms with Crippen LogP contribution in [-0.2, 0) is 9.59 Å². The van der Waals surface area contributed by atoms with Crippen LogP contribution in [0.3, 0.4) is 0 Å². The lowest BCUT2D eigenvalue weighted by Gasteiger charge is -2.36. The van der Waals surface area contributed by atoms with E-state index in [1.165, 1.54) is 0 Å². The molecule has 2 heterocycles. The van der Waals surface area contributed by atoms with Gasteiger partial charge in [0.25, 0.3) is 0 Å². The Kier molecular flexibility index (Phi) is 5.67. The molecule has 27 heavy (non-hydrogen) atoms. The highest BCUT2D eigenvalue weighted by Gasteiger charge is 2.39. The van der Waals surface area contributed by atoms with Crippen molar-refractivity contribution in [1.29, 1.82) is 0 Å². The van der Waals surface area contributed by atoms with Crippen molar-refractivity contribution >= 4 is 35.2 Å². The summed E-state index contributed by atoms with van der Waals surface area (Å²) >= 11 is 8.06. The van der Waals surface area contributed by atoms with Crippen molar-refractivity contribution in [2.75, 3.05) is 39.3 Å². The Balaban J connectivity index is 1.34. The van der Waals surface area contributed by atoms with Crippen LogP contribution in [0.4, 0.5) is 0 Å². The van der Waals surface area contributed by atoms with Crippen LogP contribution in [0.25, 0.3) is 0 Å². The fourth-order valence-corrected chi connectivity index (χ4v) is 5.50. The highest BCUT2D eigenvalue weighted by Crippen LogP contribution is 2.44. The van der Waals surface area contributed by atoms with E-state index < -0.39 is 0 Å². The lowest BCUT2D eigenvalue weighted by atomic mass is 10.2. The highest BCUT2D eigenvalue weighted by atomic mass is 35.5. The molecule has 1 aromatic rings. The molecule has 2 aliphatic heterocycles. The van der Waals surface area contributed by atoms with E-state index in [0.717, 1.165) is 51.1 Å². The van der Waals surface area contributed by atoms with E-state index in [2.05, 4.69) is 4.90 Å². The van der Waals surface area contributed by atoms with E-state index in [1.54, 1.807) is 11.8 Å². The number of nitrogens with zero attached hydrogens (tertiary/aromatic N) is 3. The zero-order valence-corrected chi connectivity index (χ0v) is 17.2. The fraction of sp³-hybridized carbons (Fsp3) is 0.600. The quantitative estimate of drug-likeness (QED) is 0.752. The summed E-state index contributed by atoms with van der Waals surface area (Å²) in [6.45, 7) is 6.90. The van der Waals surface area contributed by atoms with Crippen LogP contribution < -0.4 is 0 Å². The Morgan fingerprint density at radius 3 is 2.52 bits per heavy atom. The van der Waals surface area contributed by atoms with Gasteiger partial charge in [-0.25, -0.2) is 0 Å². The van der Waals surface area contributed by atoms with Crippen molar-refractivity contribution in [2.45, 2.75) is 30.4 Å². The molecule has 7 heteroatoms. The molecule has 1 saturated carbocycles. The molecular weight excluding hydrogens is 382 g/mol. The van der Waals surface area contributed by atoms with Gasteiger partial charge in [0, 0.05) is 55.8 Å². The molecule has 2 atom stereocenters. The summed E-state index contributed by atoms with van der Waals surface area (Å²) in [6.07, 6.45) is 2.13. The Bertz CT molecular complexity index is 719. The number of hydrogen-bond donors (Lipinski definition) is 0. The fourth-order valence-electron chi connectivity index (χ4n) is 3.85. The number of carbonyl (C=O) groups is 2. The van der Waals surface area contributed by atoms with Crippen LogP contribution in [-0.4, -0.2) is 71.0 Å². The number of hydrogen-bond acceptors (Lipinski definition) is 4. The molecule has 1 aromatic carbocycles. The summed E-state index contributed by atoms with van der Waals surface area (Å²) in [5.41, 5.74) is 1.02. The average Bonchev–Trinajstić information content (AvgIpc) is 3.48. The molecule has 3 aliphatic rings. The smallest absolute Gasteiger partial charge is 0.236 e. The number of benzene rings is 1. The number of halogens is 1. The number of thioether (sulfide) groups is 1. The Morgan fingerprint density at radius 1 is 1.15 bits per heavy atom. The minimum absolute atomic E-state index is 0.0149. The highest BCUT2D eigenvalue weighted by molar-refractivity contribution is 8.01. The number of piperazine rings is 1. The van der Waals surface area contributed by atoms with Gasteiger partial charge in [0.15, 0.2) is 0 Å². The largest absolute Gasteiger partial charge is 0.340 e. The third kappa shape index (κ3) is 4.13. The molecule has 2 amide bonds. The van der Waals surface area contributed by atoms with Crippen LogP contribution in [0.15, 0.2) is 24.3 Å². The summed E-state index contributed by atoms with van der Waals surface area (Å²) in [6, 6.07) is 7.80. The Morgan fingerprint density at radius 2 is 1.85 bits per heavy atom. The monoisotopic (exact) mass is 407 g/mol. The lowest BCUT2D eigenvalue weighted by Crippen LogP contribution is -2.51. The maximum atomic E-state index is 12.7. The predicted molar refractivity (Wildman–Crippen MR) is 109 cm³/mol. The van der Waals surface area contributed by atoms with Crippen LogP contribution in [0, 0.1) is 5.92 Å². The van der Waals surface area contributed by atoms with Crippen molar-refractivity contribution in [1.82, 2.24) is 14.7 Å². The molecule has 3 fully saturated rings. The Labute approximate surface area is 170 Å². The molecule has 1 aliphatic carbocycles. The second kappa shape index (κ2) is 8.02. The van der Waals surface area contributed by atoms with Gasteiger partial charge in [-0.2, -0.15) is 0 Å². The van der Waals surface area contributed by atoms with Gasteiger partial charge in [-0.1, -0.05) is 29.8 Å². The molecule has 2 saturated heterocycles. The van der Waals surface area contributed by atoms with Crippen molar-refractivity contribution in [3.63, 3.8) is 0 Å². The molecule has 0 bridgehead atoms. The topological polar surface area (TPSA) is 43.9 Å². The van der Waals surface area contributed by atoms with Gasteiger partial charge < -0.3 is 9.80 Å². The second-order valence-electron chi connectivity index (χ2n) is 7.63. The van der Waals surface area contributed by atoms with E-state index >= 15 is 0 Å². The average molecular weight is 408 g/mol. The van der Waals surface area contributed by atoms with Crippen LogP contribution in [0.1, 0.15) is 30.7 Å². The number of amides is 2. The van der Waals surface area contributed by atoms with E-state index in [0.29, 0.717) is 23.4 Å². The van der Waals surface area contributed by atoms with Crippen LogP contribution in [0.5, 0.6) is 0 Å². The number of carbonyl (C=O) groups excluding carboxylic acids is 2. The third-order valence-electron chi connectivity index (χ3n) is 5.69. The first-order valence-corrected chi connectivity index (χ1v) is 11.1. The molecule has 0 N–H and O–H groups in total. The maximum Gasteiger partial charge on any atom is 0.236 e. The summed E-state index contributed by atoms with van der Waals surface area (Å²) in [4.78, 5) is 31.2. The van der Waals surface area contributed by atoms with Gasteiger partial charge in [0.1, 0.15) is 5.37 Å². The third-order valence-corrected chi connectivity index (χ3v) is 7.41. The van der Waals surface area contributed by atoms with Crippen molar-refractivity contribution < 1.29 is 9.59 Å². The van der Waals surface area contributed by atoms with Crippen molar-refractivity contribution in [3.8, 4) is 0 Å². The van der Waals surface area contributed by atoms with Gasteiger partial charge in [-0.3, -0.25) is 14.5 Å². The molecule has 0 spiro atoms.